The number of nitro benzene ring substituents is 2. The summed E-state index contributed by atoms with van der Waals surface area (Å²) >= 11 is 2.82. The number of amides is 3. The fraction of sp³-hybridized carbons (Fsp3) is 0.400. The minimum Gasteiger partial charge on any atom is -0.456 e. The Labute approximate surface area is 321 Å². The van der Waals surface area contributed by atoms with Crippen molar-refractivity contribution in [2.45, 2.75) is 50.5 Å². The lowest BCUT2D eigenvalue weighted by Crippen LogP contribution is -2.63. The van der Waals surface area contributed by atoms with E-state index in [1.165, 1.54) is 76.5 Å². The number of nitrogens with zero attached hydrogens (tertiary/aromatic N) is 6. The van der Waals surface area contributed by atoms with E-state index in [4.69, 9.17) is 9.47 Å². The van der Waals surface area contributed by atoms with Gasteiger partial charge in [0, 0.05) is 71.9 Å². The third-order valence-corrected chi connectivity index (χ3v) is 12.3. The maximum Gasteiger partial charge on any atom is 0.407 e. The van der Waals surface area contributed by atoms with E-state index in [1.54, 1.807) is 17.2 Å². The molecule has 1 aromatic heterocycles. The number of rotatable bonds is 13. The van der Waals surface area contributed by atoms with Crippen molar-refractivity contribution in [2.24, 2.45) is 11.8 Å². The Balaban J connectivity index is 0.906. The average Bonchev–Trinajstić information content (AvgIpc) is 3.70. The second-order valence-corrected chi connectivity index (χ2v) is 15.9. The minimum absolute atomic E-state index is 0.0409. The molecule has 2 N–H and O–H groups in total. The Morgan fingerprint density at radius 3 is 2.13 bits per heavy atom. The number of esters is 1. The molecule has 3 saturated heterocycles. The highest BCUT2D eigenvalue weighted by molar-refractivity contribution is 8.03. The topological polar surface area (TPSA) is 228 Å². The molecule has 4 atom stereocenters. The molecule has 0 radical (unpaired) electrons. The van der Waals surface area contributed by atoms with Gasteiger partial charge in [-0.15, -0.1) is 23.1 Å². The molecule has 20 heteroatoms. The normalized spacial score (nSPS) is 21.3. The van der Waals surface area contributed by atoms with Crippen LogP contribution in [0.15, 0.2) is 64.5 Å². The average molecular weight is 794 g/mol. The second kappa shape index (κ2) is 15.3. The van der Waals surface area contributed by atoms with Crippen molar-refractivity contribution in [1.82, 2.24) is 20.1 Å². The Hall–Kier alpha value is -5.60. The van der Waals surface area contributed by atoms with E-state index in [9.17, 15) is 44.5 Å². The summed E-state index contributed by atoms with van der Waals surface area (Å²) in [5, 5.41) is 37.2. The zero-order valence-corrected chi connectivity index (χ0v) is 31.1. The van der Waals surface area contributed by atoms with E-state index in [0.717, 1.165) is 0 Å². The van der Waals surface area contributed by atoms with Crippen LogP contribution in [0.4, 0.5) is 21.3 Å². The number of aliphatic hydroxyl groups is 1. The molecule has 4 aliphatic rings. The summed E-state index contributed by atoms with van der Waals surface area (Å²) in [6.07, 6.45) is -1.56. The largest absolute Gasteiger partial charge is 0.456 e. The van der Waals surface area contributed by atoms with Crippen LogP contribution in [-0.2, 0) is 32.3 Å². The number of carbonyl (C=O) groups is 4. The number of thiazole rings is 1. The predicted octanol–water partition coefficient (Wildman–Crippen LogP) is 3.44. The number of anilines is 1. The molecule has 0 aliphatic carbocycles. The van der Waals surface area contributed by atoms with Crippen LogP contribution >= 0.6 is 23.1 Å². The smallest absolute Gasteiger partial charge is 0.407 e. The van der Waals surface area contributed by atoms with Gasteiger partial charge < -0.3 is 34.6 Å². The third-order valence-electron chi connectivity index (χ3n) is 9.95. The molecule has 0 unspecified atom stereocenters. The molecule has 55 heavy (non-hydrogen) atoms. The van der Waals surface area contributed by atoms with Crippen LogP contribution in [0.5, 0.6) is 0 Å². The third kappa shape index (κ3) is 7.56. The van der Waals surface area contributed by atoms with E-state index in [1.807, 2.05) is 11.8 Å². The van der Waals surface area contributed by atoms with Crippen LogP contribution in [0.25, 0.3) is 0 Å². The van der Waals surface area contributed by atoms with Gasteiger partial charge in [0.05, 0.1) is 34.0 Å². The Kier molecular flexibility index (Phi) is 10.5. The lowest BCUT2D eigenvalue weighted by Gasteiger charge is -2.46. The van der Waals surface area contributed by atoms with Gasteiger partial charge in [-0.1, -0.05) is 6.92 Å². The summed E-state index contributed by atoms with van der Waals surface area (Å²) in [6.45, 7) is 4.99. The van der Waals surface area contributed by atoms with Crippen LogP contribution in [0.3, 0.4) is 0 Å². The fourth-order valence-corrected chi connectivity index (χ4v) is 9.26. The van der Waals surface area contributed by atoms with Gasteiger partial charge in [-0.3, -0.25) is 29.8 Å². The summed E-state index contributed by atoms with van der Waals surface area (Å²) < 4.78 is 10.8. The number of alkyl carbamates (subject to hydrolysis) is 1. The van der Waals surface area contributed by atoms with Crippen molar-refractivity contribution in [3.63, 3.8) is 0 Å². The molecular formula is C35H35N7O11S2. The number of fused-ring (bicyclic) bond motifs is 1. The quantitative estimate of drug-likeness (QED) is 0.109. The monoisotopic (exact) mass is 793 g/mol. The summed E-state index contributed by atoms with van der Waals surface area (Å²) in [6, 6.07) is 10.6. The first-order valence-corrected chi connectivity index (χ1v) is 19.0. The van der Waals surface area contributed by atoms with Crippen LogP contribution in [0.1, 0.15) is 35.5 Å². The molecule has 7 rings (SSSR count). The number of hydrogen-bond acceptors (Lipinski definition) is 15. The number of nitrogens with one attached hydrogen (secondary N) is 1. The van der Waals surface area contributed by atoms with E-state index < -0.39 is 33.9 Å². The van der Waals surface area contributed by atoms with Gasteiger partial charge in [0.2, 0.25) is 5.91 Å². The van der Waals surface area contributed by atoms with Gasteiger partial charge in [-0.05, 0) is 42.3 Å². The number of hydrogen-bond donors (Lipinski definition) is 2. The predicted molar refractivity (Wildman–Crippen MR) is 197 cm³/mol. The molecule has 3 fully saturated rings. The number of benzene rings is 2. The van der Waals surface area contributed by atoms with Gasteiger partial charge in [0.15, 0.2) is 5.13 Å². The fourth-order valence-electron chi connectivity index (χ4n) is 6.93. The van der Waals surface area contributed by atoms with Crippen molar-refractivity contribution in [2.75, 3.05) is 31.1 Å². The first-order chi connectivity index (χ1) is 26.3. The van der Waals surface area contributed by atoms with Crippen molar-refractivity contribution >= 4 is 63.5 Å². The number of likely N-dealkylation sites (tertiary alicyclic amines) is 1. The molecule has 288 valence electrons. The van der Waals surface area contributed by atoms with Crippen molar-refractivity contribution < 1.29 is 43.6 Å². The van der Waals surface area contributed by atoms with Gasteiger partial charge >= 0.3 is 12.1 Å². The highest BCUT2D eigenvalue weighted by Gasteiger charge is 2.60. The number of aromatic nitrogens is 1. The maximum atomic E-state index is 13.5. The van der Waals surface area contributed by atoms with E-state index in [0.29, 0.717) is 34.3 Å². The molecule has 3 aromatic rings. The molecular weight excluding hydrogens is 759 g/mol. The number of ether oxygens (including phenoxy) is 2. The first kappa shape index (κ1) is 37.7. The Morgan fingerprint density at radius 2 is 1.56 bits per heavy atom. The standard InChI is InChI=1S/C35H35N7O11S2/c1-18-28-27(19(2)43)32(45)40(28)29(33(46)52-15-20-3-7-23(8-4-20)41(48)49)30(18)55-25-13-39(14-25)34-37-26(17-54-34)31(44)38-11-22(12-38)36-35(47)53-16-21-5-9-24(10-6-21)42(50)51/h3-10,17-19,22,25,27-28,43H,11-16H2,1-2H3,(H,36,47)/t18-,19-,27-,28-/m1/s1. The summed E-state index contributed by atoms with van der Waals surface area (Å²) in [5.74, 6) is -2.17. The summed E-state index contributed by atoms with van der Waals surface area (Å²) in [5.41, 5.74) is 1.44. The summed E-state index contributed by atoms with van der Waals surface area (Å²) in [4.78, 5) is 83.0. The second-order valence-electron chi connectivity index (χ2n) is 13.7. The van der Waals surface area contributed by atoms with Crippen molar-refractivity contribution in [3.8, 4) is 0 Å². The Morgan fingerprint density at radius 1 is 0.982 bits per heavy atom. The zero-order chi connectivity index (χ0) is 39.1. The molecule has 5 heterocycles. The minimum atomic E-state index is -0.893. The highest BCUT2D eigenvalue weighted by Crippen LogP contribution is 2.52. The Bertz CT molecular complexity index is 2060. The van der Waals surface area contributed by atoms with Gasteiger partial charge in [-0.2, -0.15) is 0 Å². The molecule has 18 nitrogen and oxygen atoms in total. The first-order valence-electron chi connectivity index (χ1n) is 17.3. The van der Waals surface area contributed by atoms with Crippen LogP contribution in [0.2, 0.25) is 0 Å². The van der Waals surface area contributed by atoms with Gasteiger partial charge in [0.1, 0.15) is 24.6 Å². The molecule has 2 aromatic carbocycles. The van der Waals surface area contributed by atoms with Gasteiger partial charge in [0.25, 0.3) is 17.3 Å². The van der Waals surface area contributed by atoms with E-state index >= 15 is 0 Å². The van der Waals surface area contributed by atoms with Crippen molar-refractivity contribution in [1.29, 1.82) is 0 Å². The number of β-lactam (4-membered cyclic amide) rings is 1. The van der Waals surface area contributed by atoms with Gasteiger partial charge in [-0.25, -0.2) is 14.6 Å². The van der Waals surface area contributed by atoms with E-state index in [2.05, 4.69) is 10.3 Å². The van der Waals surface area contributed by atoms with Crippen LogP contribution in [-0.4, -0.2) is 103 Å². The molecule has 0 spiro atoms. The lowest BCUT2D eigenvalue weighted by atomic mass is 9.79. The number of nitro groups is 2. The lowest BCUT2D eigenvalue weighted by molar-refractivity contribution is -0.385. The van der Waals surface area contributed by atoms with Crippen molar-refractivity contribution in [3.05, 3.63) is 102 Å². The number of thioether (sulfide) groups is 1. The SMILES string of the molecule is C[C@@H](O)[C@H]1C(=O)N2C(C(=O)OCc3ccc([N+](=O)[O-])cc3)=C(SC3CN(c4nc(C(=O)N5CC(NC(=O)OCc6ccc([N+](=O)[O-])cc6)C5)cs4)C3)[C@H](C)[C@H]12. The highest BCUT2D eigenvalue weighted by atomic mass is 32.2. The number of carbonyl (C=O) groups excluding carboxylic acids is 4. The summed E-state index contributed by atoms with van der Waals surface area (Å²) in [7, 11) is 0. The molecule has 4 aliphatic heterocycles. The van der Waals surface area contributed by atoms with Crippen LogP contribution in [0, 0.1) is 32.1 Å². The molecule has 0 bridgehead atoms. The maximum absolute atomic E-state index is 13.5. The number of non-ortho nitro benzene ring substituents is 2. The molecule has 0 saturated carbocycles. The van der Waals surface area contributed by atoms with E-state index in [-0.39, 0.29) is 84.1 Å². The van der Waals surface area contributed by atoms with Crippen LogP contribution < -0.4 is 10.2 Å². The molecule has 3 amide bonds. The number of aliphatic hydroxyl groups excluding tert-OH is 1. The zero-order valence-electron chi connectivity index (χ0n) is 29.4.